The Morgan fingerprint density at radius 2 is 2.28 bits per heavy atom. The van der Waals surface area contributed by atoms with Gasteiger partial charge >= 0.3 is 0 Å². The molecule has 0 atom stereocenters. The van der Waals surface area contributed by atoms with Gasteiger partial charge in [-0.05, 0) is 37.3 Å². The average Bonchev–Trinajstić information content (AvgIpc) is 2.64. The van der Waals surface area contributed by atoms with Gasteiger partial charge in [-0.1, -0.05) is 15.9 Å². The minimum absolute atomic E-state index is 0.0532. The summed E-state index contributed by atoms with van der Waals surface area (Å²) in [7, 11) is 1.79. The largest absolute Gasteiger partial charge is 0.344 e. The van der Waals surface area contributed by atoms with Crippen molar-refractivity contribution in [2.24, 2.45) is 0 Å². The van der Waals surface area contributed by atoms with Gasteiger partial charge in [0.25, 0.3) is 0 Å². The standard InChI is InChI=1S/C12H14BrN3OS/c1-3-15(2)11(17)7-16-10-5-4-8(13)6-9(10)14-12(16)18/h4-6H,3,7H2,1-2H3,(H,14,18). The second-order valence-electron chi connectivity index (χ2n) is 4.09. The fraction of sp³-hybridized carbons (Fsp3) is 0.333. The highest BCUT2D eigenvalue weighted by molar-refractivity contribution is 9.10. The average molecular weight is 328 g/mol. The van der Waals surface area contributed by atoms with E-state index in [0.717, 1.165) is 15.5 Å². The summed E-state index contributed by atoms with van der Waals surface area (Å²) in [5, 5.41) is 0. The highest BCUT2D eigenvalue weighted by Crippen LogP contribution is 2.19. The summed E-state index contributed by atoms with van der Waals surface area (Å²) in [6, 6.07) is 5.84. The molecular formula is C12H14BrN3OS. The number of benzene rings is 1. The van der Waals surface area contributed by atoms with E-state index in [1.165, 1.54) is 0 Å². The molecule has 0 fully saturated rings. The van der Waals surface area contributed by atoms with Crippen LogP contribution in [-0.4, -0.2) is 34.0 Å². The number of fused-ring (bicyclic) bond motifs is 1. The van der Waals surface area contributed by atoms with Crippen molar-refractivity contribution in [3.05, 3.63) is 27.4 Å². The summed E-state index contributed by atoms with van der Waals surface area (Å²) in [4.78, 5) is 16.7. The van der Waals surface area contributed by atoms with Crippen LogP contribution in [0.5, 0.6) is 0 Å². The number of hydrogen-bond acceptors (Lipinski definition) is 2. The first-order valence-corrected chi connectivity index (χ1v) is 6.85. The molecule has 0 aliphatic rings. The molecule has 6 heteroatoms. The Morgan fingerprint density at radius 3 is 2.94 bits per heavy atom. The lowest BCUT2D eigenvalue weighted by atomic mass is 10.3. The highest BCUT2D eigenvalue weighted by atomic mass is 79.9. The first kappa shape index (κ1) is 13.3. The quantitative estimate of drug-likeness (QED) is 0.880. The Bertz CT molecular complexity index is 646. The highest BCUT2D eigenvalue weighted by Gasteiger charge is 2.11. The zero-order valence-electron chi connectivity index (χ0n) is 10.2. The Balaban J connectivity index is 2.42. The van der Waals surface area contributed by atoms with Crippen molar-refractivity contribution >= 4 is 45.1 Å². The molecule has 4 nitrogen and oxygen atoms in total. The molecule has 0 saturated carbocycles. The minimum Gasteiger partial charge on any atom is -0.344 e. The molecule has 1 aromatic carbocycles. The number of aromatic amines is 1. The first-order chi connectivity index (χ1) is 8.52. The van der Waals surface area contributed by atoms with Gasteiger partial charge in [-0.3, -0.25) is 4.79 Å². The molecule has 1 aromatic heterocycles. The Morgan fingerprint density at radius 1 is 1.56 bits per heavy atom. The smallest absolute Gasteiger partial charge is 0.242 e. The molecule has 0 radical (unpaired) electrons. The van der Waals surface area contributed by atoms with Crippen molar-refractivity contribution in [3.63, 3.8) is 0 Å². The first-order valence-electron chi connectivity index (χ1n) is 5.65. The molecule has 0 bridgehead atoms. The van der Waals surface area contributed by atoms with Gasteiger partial charge in [0, 0.05) is 18.1 Å². The lowest BCUT2D eigenvalue weighted by molar-refractivity contribution is -0.130. The fourth-order valence-corrected chi connectivity index (χ4v) is 2.36. The predicted molar refractivity (Wildman–Crippen MR) is 78.1 cm³/mol. The maximum absolute atomic E-state index is 11.9. The topological polar surface area (TPSA) is 41.0 Å². The normalized spacial score (nSPS) is 10.8. The van der Waals surface area contributed by atoms with E-state index in [-0.39, 0.29) is 12.5 Å². The second kappa shape index (κ2) is 5.24. The molecule has 1 heterocycles. The number of hydrogen-bond donors (Lipinski definition) is 1. The van der Waals surface area contributed by atoms with Crippen LogP contribution >= 0.6 is 28.1 Å². The molecule has 1 amide bonds. The van der Waals surface area contributed by atoms with Gasteiger partial charge < -0.3 is 14.5 Å². The molecular weight excluding hydrogens is 314 g/mol. The van der Waals surface area contributed by atoms with Crippen molar-refractivity contribution < 1.29 is 4.79 Å². The van der Waals surface area contributed by atoms with E-state index >= 15 is 0 Å². The number of amides is 1. The third-order valence-corrected chi connectivity index (χ3v) is 3.75. The fourth-order valence-electron chi connectivity index (χ4n) is 1.73. The van der Waals surface area contributed by atoms with E-state index < -0.39 is 0 Å². The minimum atomic E-state index is 0.0532. The van der Waals surface area contributed by atoms with E-state index in [0.29, 0.717) is 11.3 Å². The Hall–Kier alpha value is -1.14. The van der Waals surface area contributed by atoms with Gasteiger partial charge in [-0.25, -0.2) is 0 Å². The molecule has 0 unspecified atom stereocenters. The van der Waals surface area contributed by atoms with Crippen molar-refractivity contribution in [2.75, 3.05) is 13.6 Å². The van der Waals surface area contributed by atoms with Gasteiger partial charge in [-0.15, -0.1) is 0 Å². The number of rotatable bonds is 3. The number of nitrogens with zero attached hydrogens (tertiary/aromatic N) is 2. The molecule has 2 aromatic rings. The molecule has 0 aliphatic carbocycles. The van der Waals surface area contributed by atoms with Crippen molar-refractivity contribution in [1.82, 2.24) is 14.5 Å². The summed E-state index contributed by atoms with van der Waals surface area (Å²) in [6.07, 6.45) is 0. The lowest BCUT2D eigenvalue weighted by Crippen LogP contribution is -2.29. The number of H-pyrrole nitrogens is 1. The van der Waals surface area contributed by atoms with Crippen LogP contribution in [0.2, 0.25) is 0 Å². The second-order valence-corrected chi connectivity index (χ2v) is 5.39. The van der Waals surface area contributed by atoms with Crippen LogP contribution in [0.15, 0.2) is 22.7 Å². The molecule has 2 rings (SSSR count). The Labute approximate surface area is 119 Å². The number of carbonyl (C=O) groups excluding carboxylic acids is 1. The van der Waals surface area contributed by atoms with Gasteiger partial charge in [-0.2, -0.15) is 0 Å². The zero-order valence-corrected chi connectivity index (χ0v) is 12.6. The van der Waals surface area contributed by atoms with E-state index in [4.69, 9.17) is 12.2 Å². The molecule has 0 saturated heterocycles. The summed E-state index contributed by atoms with van der Waals surface area (Å²) in [5.41, 5.74) is 1.88. The zero-order chi connectivity index (χ0) is 13.3. The summed E-state index contributed by atoms with van der Waals surface area (Å²) in [5.74, 6) is 0.0532. The van der Waals surface area contributed by atoms with Gasteiger partial charge in [0.1, 0.15) is 6.54 Å². The van der Waals surface area contributed by atoms with Gasteiger partial charge in [0.2, 0.25) is 5.91 Å². The number of likely N-dealkylation sites (N-methyl/N-ethyl adjacent to an activating group) is 1. The molecule has 96 valence electrons. The van der Waals surface area contributed by atoms with Gasteiger partial charge in [0.15, 0.2) is 4.77 Å². The van der Waals surface area contributed by atoms with Crippen LogP contribution in [-0.2, 0) is 11.3 Å². The van der Waals surface area contributed by atoms with Crippen molar-refractivity contribution in [2.45, 2.75) is 13.5 Å². The monoisotopic (exact) mass is 327 g/mol. The lowest BCUT2D eigenvalue weighted by Gasteiger charge is -2.14. The van der Waals surface area contributed by atoms with E-state index in [9.17, 15) is 4.79 Å². The number of halogens is 1. The SMILES string of the molecule is CCN(C)C(=O)Cn1c(=S)[nH]c2cc(Br)ccc21. The third kappa shape index (κ3) is 2.49. The van der Waals surface area contributed by atoms with Crippen LogP contribution in [0.1, 0.15) is 6.92 Å². The summed E-state index contributed by atoms with van der Waals surface area (Å²) >= 11 is 8.67. The molecule has 0 spiro atoms. The third-order valence-electron chi connectivity index (χ3n) is 2.93. The van der Waals surface area contributed by atoms with Crippen LogP contribution in [0, 0.1) is 4.77 Å². The van der Waals surface area contributed by atoms with Crippen LogP contribution in [0.3, 0.4) is 0 Å². The number of aromatic nitrogens is 2. The van der Waals surface area contributed by atoms with Gasteiger partial charge in [0.05, 0.1) is 11.0 Å². The summed E-state index contributed by atoms with van der Waals surface area (Å²) < 4.78 is 3.38. The number of imidazole rings is 1. The van der Waals surface area contributed by atoms with E-state index in [2.05, 4.69) is 20.9 Å². The molecule has 0 aliphatic heterocycles. The molecule has 1 N–H and O–H groups in total. The van der Waals surface area contributed by atoms with E-state index in [1.807, 2.05) is 29.7 Å². The van der Waals surface area contributed by atoms with Crippen molar-refractivity contribution in [1.29, 1.82) is 0 Å². The van der Waals surface area contributed by atoms with Crippen LogP contribution in [0.25, 0.3) is 11.0 Å². The molecule has 18 heavy (non-hydrogen) atoms. The summed E-state index contributed by atoms with van der Waals surface area (Å²) in [6.45, 7) is 2.91. The maximum Gasteiger partial charge on any atom is 0.242 e. The Kier molecular flexibility index (Phi) is 3.87. The number of carbonyl (C=O) groups is 1. The number of nitrogens with one attached hydrogen (secondary N) is 1. The van der Waals surface area contributed by atoms with Crippen molar-refractivity contribution in [3.8, 4) is 0 Å². The van der Waals surface area contributed by atoms with Crippen LogP contribution in [0.4, 0.5) is 0 Å². The van der Waals surface area contributed by atoms with E-state index in [1.54, 1.807) is 11.9 Å². The predicted octanol–water partition coefficient (Wildman–Crippen LogP) is 2.94. The maximum atomic E-state index is 11.9. The van der Waals surface area contributed by atoms with Crippen LogP contribution < -0.4 is 0 Å².